The van der Waals surface area contributed by atoms with Gasteiger partial charge in [-0.1, -0.05) is 132 Å². The van der Waals surface area contributed by atoms with E-state index in [9.17, 15) is 4.79 Å². The summed E-state index contributed by atoms with van der Waals surface area (Å²) in [6, 6.07) is 50.1. The monoisotopic (exact) mass is 578 g/mol. The highest BCUT2D eigenvalue weighted by Crippen LogP contribution is 2.32. The van der Waals surface area contributed by atoms with Crippen LogP contribution in [0.2, 0.25) is 0 Å². The highest BCUT2D eigenvalue weighted by Gasteiger charge is 2.10. The van der Waals surface area contributed by atoms with Gasteiger partial charge in [0.05, 0.1) is 0 Å². The van der Waals surface area contributed by atoms with Crippen molar-refractivity contribution in [2.75, 3.05) is 0 Å². The van der Waals surface area contributed by atoms with Crippen LogP contribution >= 0.6 is 23.5 Å². The fraction of sp³-hybridized carbons (Fsp3) is 0.0513. The van der Waals surface area contributed by atoms with Gasteiger partial charge in [0, 0.05) is 30.7 Å². The third-order valence-electron chi connectivity index (χ3n) is 7.18. The Bertz CT molecular complexity index is 1650. The highest BCUT2D eigenvalue weighted by atomic mass is 32.2. The van der Waals surface area contributed by atoms with Crippen molar-refractivity contribution in [3.05, 3.63) is 168 Å². The molecule has 0 atom stereocenters. The fourth-order valence-electron chi connectivity index (χ4n) is 4.71. The minimum Gasteiger partial charge on any atom is -0.289 e. The summed E-state index contributed by atoms with van der Waals surface area (Å²) < 4.78 is 0. The maximum absolute atomic E-state index is 13.2. The van der Waals surface area contributed by atoms with Gasteiger partial charge >= 0.3 is 0 Å². The van der Waals surface area contributed by atoms with Gasteiger partial charge in [-0.2, -0.15) is 0 Å². The number of rotatable bonds is 8. The Morgan fingerprint density at radius 1 is 0.357 bits per heavy atom. The molecule has 0 unspecified atom stereocenters. The molecule has 3 heteroatoms. The lowest BCUT2D eigenvalue weighted by Gasteiger charge is -2.08. The summed E-state index contributed by atoms with van der Waals surface area (Å²) in [6.07, 6.45) is 0. The van der Waals surface area contributed by atoms with Gasteiger partial charge in [0.1, 0.15) is 0 Å². The third-order valence-corrected chi connectivity index (χ3v) is 9.21. The summed E-state index contributed by atoms with van der Waals surface area (Å²) >= 11 is 3.52. The van der Waals surface area contributed by atoms with Crippen LogP contribution in [-0.4, -0.2) is 5.78 Å². The largest absolute Gasteiger partial charge is 0.289 e. The van der Waals surface area contributed by atoms with Crippen molar-refractivity contribution in [3.63, 3.8) is 0 Å². The molecule has 42 heavy (non-hydrogen) atoms. The van der Waals surface area contributed by atoms with Crippen molar-refractivity contribution in [1.82, 2.24) is 0 Å². The summed E-state index contributed by atoms with van der Waals surface area (Å²) in [5.41, 5.74) is 8.37. The molecule has 0 spiro atoms. The molecule has 0 amide bonds. The number of benzene rings is 6. The zero-order valence-corrected chi connectivity index (χ0v) is 25.2. The van der Waals surface area contributed by atoms with Crippen LogP contribution in [0.3, 0.4) is 0 Å². The molecule has 6 aromatic rings. The summed E-state index contributed by atoms with van der Waals surface area (Å²) in [4.78, 5) is 18.1. The van der Waals surface area contributed by atoms with Gasteiger partial charge in [0.2, 0.25) is 0 Å². The number of carbonyl (C=O) groups is 1. The molecule has 0 heterocycles. The Morgan fingerprint density at radius 2 is 0.595 bits per heavy atom. The van der Waals surface area contributed by atoms with E-state index in [1.165, 1.54) is 30.7 Å². The van der Waals surface area contributed by atoms with Crippen LogP contribution in [0.1, 0.15) is 27.0 Å². The van der Waals surface area contributed by atoms with Crippen LogP contribution in [0.4, 0.5) is 0 Å². The predicted molar refractivity (Wildman–Crippen MR) is 178 cm³/mol. The van der Waals surface area contributed by atoms with E-state index < -0.39 is 0 Å². The van der Waals surface area contributed by atoms with E-state index in [1.54, 1.807) is 23.5 Å². The minimum atomic E-state index is 0.0304. The molecular formula is C39H30OS2. The van der Waals surface area contributed by atoms with Crippen LogP contribution in [-0.2, 0) is 0 Å². The van der Waals surface area contributed by atoms with Crippen LogP contribution < -0.4 is 0 Å². The normalized spacial score (nSPS) is 10.9. The molecule has 0 saturated carbocycles. The fourth-order valence-corrected chi connectivity index (χ4v) is 6.34. The minimum absolute atomic E-state index is 0.0304. The van der Waals surface area contributed by atoms with Crippen LogP contribution in [0, 0.1) is 13.8 Å². The van der Waals surface area contributed by atoms with Crippen molar-refractivity contribution in [2.24, 2.45) is 0 Å². The Kier molecular flexibility index (Phi) is 8.41. The Labute approximate surface area is 256 Å². The zero-order chi connectivity index (χ0) is 28.9. The van der Waals surface area contributed by atoms with E-state index in [4.69, 9.17) is 0 Å². The first-order chi connectivity index (χ1) is 20.5. The van der Waals surface area contributed by atoms with Gasteiger partial charge in [-0.05, 0) is 84.6 Å². The standard InChI is InChI=1S/C39H30OS2/c1-27-3-19-35(20-4-27)41-37-23-15-31(16-24-37)29-7-11-33(12-8-29)39(40)34-13-9-30(10-14-34)32-17-25-38(26-18-32)42-36-21-5-28(2)6-22-36/h3-26H,1-2H3. The molecule has 0 saturated heterocycles. The smallest absolute Gasteiger partial charge is 0.193 e. The average Bonchev–Trinajstić information content (AvgIpc) is 3.04. The number of hydrogen-bond donors (Lipinski definition) is 0. The van der Waals surface area contributed by atoms with E-state index in [2.05, 4.69) is 111 Å². The number of ketones is 1. The molecule has 6 aromatic carbocycles. The highest BCUT2D eigenvalue weighted by molar-refractivity contribution is 7.99. The van der Waals surface area contributed by atoms with E-state index >= 15 is 0 Å². The molecule has 204 valence electrons. The molecule has 0 aliphatic carbocycles. The Morgan fingerprint density at radius 3 is 0.881 bits per heavy atom. The summed E-state index contributed by atoms with van der Waals surface area (Å²) in [6.45, 7) is 4.21. The molecule has 0 aliphatic rings. The first-order valence-corrected chi connectivity index (χ1v) is 15.6. The second-order valence-electron chi connectivity index (χ2n) is 10.4. The zero-order valence-electron chi connectivity index (χ0n) is 23.6. The van der Waals surface area contributed by atoms with Crippen molar-refractivity contribution < 1.29 is 4.79 Å². The van der Waals surface area contributed by atoms with Gasteiger partial charge in [0.15, 0.2) is 5.78 Å². The maximum Gasteiger partial charge on any atom is 0.193 e. The van der Waals surface area contributed by atoms with Crippen molar-refractivity contribution in [2.45, 2.75) is 33.4 Å². The van der Waals surface area contributed by atoms with Crippen molar-refractivity contribution in [3.8, 4) is 22.3 Å². The second-order valence-corrected chi connectivity index (χ2v) is 12.7. The first-order valence-electron chi connectivity index (χ1n) is 13.9. The molecule has 0 N–H and O–H groups in total. The summed E-state index contributed by atoms with van der Waals surface area (Å²) in [5, 5.41) is 0. The number of carbonyl (C=O) groups excluding carboxylic acids is 1. The lowest BCUT2D eigenvalue weighted by Crippen LogP contribution is -2.00. The lowest BCUT2D eigenvalue weighted by atomic mass is 9.97. The van der Waals surface area contributed by atoms with E-state index in [-0.39, 0.29) is 5.78 Å². The van der Waals surface area contributed by atoms with Gasteiger partial charge in [-0.3, -0.25) is 4.79 Å². The predicted octanol–water partition coefficient (Wildman–Crippen LogP) is 11.2. The molecule has 0 fully saturated rings. The van der Waals surface area contributed by atoms with Gasteiger partial charge in [0.25, 0.3) is 0 Å². The van der Waals surface area contributed by atoms with E-state index in [0.29, 0.717) is 11.1 Å². The third kappa shape index (κ3) is 6.76. The molecule has 0 aromatic heterocycles. The average molecular weight is 579 g/mol. The molecule has 0 bridgehead atoms. The number of hydrogen-bond acceptors (Lipinski definition) is 3. The summed E-state index contributed by atoms with van der Waals surface area (Å²) in [5.74, 6) is 0.0304. The summed E-state index contributed by atoms with van der Waals surface area (Å²) in [7, 11) is 0. The van der Waals surface area contributed by atoms with Gasteiger partial charge in [-0.25, -0.2) is 0 Å². The number of aryl methyl sites for hydroxylation is 2. The Balaban J connectivity index is 1.09. The molecular weight excluding hydrogens is 549 g/mol. The van der Waals surface area contributed by atoms with Crippen molar-refractivity contribution in [1.29, 1.82) is 0 Å². The van der Waals surface area contributed by atoms with Crippen LogP contribution in [0.5, 0.6) is 0 Å². The molecule has 6 rings (SSSR count). The van der Waals surface area contributed by atoms with E-state index in [1.807, 2.05) is 48.5 Å². The van der Waals surface area contributed by atoms with Gasteiger partial charge < -0.3 is 0 Å². The van der Waals surface area contributed by atoms with Crippen LogP contribution in [0.25, 0.3) is 22.3 Å². The maximum atomic E-state index is 13.2. The van der Waals surface area contributed by atoms with Crippen molar-refractivity contribution >= 4 is 29.3 Å². The molecule has 0 aliphatic heterocycles. The van der Waals surface area contributed by atoms with E-state index in [0.717, 1.165) is 22.3 Å². The second kappa shape index (κ2) is 12.7. The molecule has 1 nitrogen and oxygen atoms in total. The topological polar surface area (TPSA) is 17.1 Å². The molecule has 0 radical (unpaired) electrons. The van der Waals surface area contributed by atoms with Gasteiger partial charge in [-0.15, -0.1) is 0 Å². The SMILES string of the molecule is Cc1ccc(Sc2ccc(-c3ccc(C(=O)c4ccc(-c5ccc(Sc6ccc(C)cc6)cc5)cc4)cc3)cc2)cc1. The first kappa shape index (κ1) is 27.8. The Hall–Kier alpha value is -4.31. The van der Waals surface area contributed by atoms with Crippen LogP contribution in [0.15, 0.2) is 165 Å². The lowest BCUT2D eigenvalue weighted by molar-refractivity contribution is 0.103. The quantitative estimate of drug-likeness (QED) is 0.167.